The number of anilines is 1. The standard InChI is InChI=1S/C18H19FN4O/c19-12-8-6-11(7-9-12)14-10-15(24)21-18-16(14)17(22-23-18)20-13-4-2-1-3-5-13/h1-9,14,16-18,20,22-23H,10H2,(H,21,24). The number of nitrogens with one attached hydrogen (secondary N) is 4. The van der Waals surface area contributed by atoms with Crippen molar-refractivity contribution in [2.24, 2.45) is 5.92 Å². The number of amides is 1. The van der Waals surface area contributed by atoms with Gasteiger partial charge < -0.3 is 10.6 Å². The number of hydrazine groups is 1. The van der Waals surface area contributed by atoms with Gasteiger partial charge in [0.15, 0.2) is 0 Å². The second-order valence-electron chi connectivity index (χ2n) is 6.26. The fraction of sp³-hybridized carbons (Fsp3) is 0.278. The largest absolute Gasteiger partial charge is 0.368 e. The molecule has 2 aromatic rings. The Labute approximate surface area is 139 Å². The Morgan fingerprint density at radius 2 is 1.75 bits per heavy atom. The lowest BCUT2D eigenvalue weighted by Crippen LogP contribution is -2.53. The van der Waals surface area contributed by atoms with Crippen LogP contribution in [-0.2, 0) is 4.79 Å². The summed E-state index contributed by atoms with van der Waals surface area (Å²) in [5.74, 6) is -0.154. The first-order valence-electron chi connectivity index (χ1n) is 8.08. The van der Waals surface area contributed by atoms with Crippen LogP contribution in [0.5, 0.6) is 0 Å². The number of hydrogen-bond acceptors (Lipinski definition) is 4. The number of fused-ring (bicyclic) bond motifs is 1. The van der Waals surface area contributed by atoms with Gasteiger partial charge in [0.25, 0.3) is 0 Å². The number of carbonyl (C=O) groups excluding carboxylic acids is 1. The Hall–Kier alpha value is -2.44. The molecule has 0 spiro atoms. The van der Waals surface area contributed by atoms with E-state index < -0.39 is 0 Å². The third kappa shape index (κ3) is 2.86. The van der Waals surface area contributed by atoms with E-state index in [0.717, 1.165) is 11.3 Å². The first kappa shape index (κ1) is 15.1. The van der Waals surface area contributed by atoms with Crippen molar-refractivity contribution < 1.29 is 9.18 Å². The maximum Gasteiger partial charge on any atom is 0.221 e. The summed E-state index contributed by atoms with van der Waals surface area (Å²) < 4.78 is 13.2. The number of piperidine rings is 1. The second-order valence-corrected chi connectivity index (χ2v) is 6.26. The van der Waals surface area contributed by atoms with Gasteiger partial charge >= 0.3 is 0 Å². The molecular weight excluding hydrogens is 307 g/mol. The number of rotatable bonds is 3. The molecule has 4 N–H and O–H groups in total. The van der Waals surface area contributed by atoms with Crippen LogP contribution >= 0.6 is 0 Å². The van der Waals surface area contributed by atoms with Crippen molar-refractivity contribution in [2.75, 3.05) is 5.32 Å². The first-order chi connectivity index (χ1) is 11.7. The molecule has 0 aliphatic carbocycles. The van der Waals surface area contributed by atoms with E-state index in [4.69, 9.17) is 0 Å². The zero-order valence-electron chi connectivity index (χ0n) is 13.0. The molecular formula is C18H19FN4O. The van der Waals surface area contributed by atoms with Crippen molar-refractivity contribution in [3.05, 3.63) is 66.0 Å². The van der Waals surface area contributed by atoms with E-state index >= 15 is 0 Å². The van der Waals surface area contributed by atoms with Crippen LogP contribution in [0.3, 0.4) is 0 Å². The quantitative estimate of drug-likeness (QED) is 0.696. The highest BCUT2D eigenvalue weighted by molar-refractivity contribution is 5.78. The van der Waals surface area contributed by atoms with Crippen LogP contribution in [0.4, 0.5) is 10.1 Å². The van der Waals surface area contributed by atoms with Crippen LogP contribution < -0.4 is 21.5 Å². The van der Waals surface area contributed by atoms with E-state index in [1.54, 1.807) is 12.1 Å². The highest BCUT2D eigenvalue weighted by Gasteiger charge is 2.46. The maximum atomic E-state index is 13.2. The minimum absolute atomic E-state index is 0.000219. The molecule has 2 aliphatic heterocycles. The van der Waals surface area contributed by atoms with E-state index in [0.29, 0.717) is 6.42 Å². The van der Waals surface area contributed by atoms with E-state index in [-0.39, 0.29) is 35.9 Å². The van der Waals surface area contributed by atoms with Crippen molar-refractivity contribution >= 4 is 11.6 Å². The Morgan fingerprint density at radius 1 is 1.00 bits per heavy atom. The molecule has 6 heteroatoms. The predicted molar refractivity (Wildman–Crippen MR) is 89.3 cm³/mol. The van der Waals surface area contributed by atoms with Gasteiger partial charge in [-0.2, -0.15) is 0 Å². The fourth-order valence-electron chi connectivity index (χ4n) is 3.63. The average molecular weight is 326 g/mol. The summed E-state index contributed by atoms with van der Waals surface area (Å²) in [5.41, 5.74) is 8.37. The summed E-state index contributed by atoms with van der Waals surface area (Å²) >= 11 is 0. The van der Waals surface area contributed by atoms with Gasteiger partial charge in [-0.1, -0.05) is 30.3 Å². The van der Waals surface area contributed by atoms with Crippen LogP contribution in [-0.4, -0.2) is 18.2 Å². The molecule has 0 bridgehead atoms. The molecule has 24 heavy (non-hydrogen) atoms. The molecule has 2 aliphatic rings. The highest BCUT2D eigenvalue weighted by Crippen LogP contribution is 2.37. The van der Waals surface area contributed by atoms with Crippen LogP contribution in [0.15, 0.2) is 54.6 Å². The molecule has 4 atom stereocenters. The van der Waals surface area contributed by atoms with Gasteiger partial charge in [0, 0.05) is 23.9 Å². The number of carbonyl (C=O) groups is 1. The molecule has 124 valence electrons. The van der Waals surface area contributed by atoms with E-state index in [2.05, 4.69) is 21.5 Å². The molecule has 0 saturated carbocycles. The Bertz CT molecular complexity index is 722. The lowest BCUT2D eigenvalue weighted by atomic mass is 9.78. The number of halogens is 1. The van der Waals surface area contributed by atoms with Crippen LogP contribution in [0, 0.1) is 11.7 Å². The number of hydrogen-bond donors (Lipinski definition) is 4. The van der Waals surface area contributed by atoms with E-state index in [1.807, 2.05) is 30.3 Å². The zero-order chi connectivity index (χ0) is 16.5. The molecule has 2 fully saturated rings. The summed E-state index contributed by atoms with van der Waals surface area (Å²) in [6.07, 6.45) is 0.180. The normalized spacial score (nSPS) is 29.0. The van der Waals surface area contributed by atoms with Gasteiger partial charge in [-0.05, 0) is 29.8 Å². The average Bonchev–Trinajstić information content (AvgIpc) is 2.98. The minimum Gasteiger partial charge on any atom is -0.368 e. The minimum atomic E-state index is -0.266. The highest BCUT2D eigenvalue weighted by atomic mass is 19.1. The second kappa shape index (κ2) is 6.22. The molecule has 0 aromatic heterocycles. The molecule has 4 rings (SSSR count). The molecule has 2 heterocycles. The Morgan fingerprint density at radius 3 is 2.50 bits per heavy atom. The van der Waals surface area contributed by atoms with Gasteiger partial charge in [-0.3, -0.25) is 4.79 Å². The van der Waals surface area contributed by atoms with Crippen molar-refractivity contribution in [3.8, 4) is 0 Å². The van der Waals surface area contributed by atoms with Crippen molar-refractivity contribution in [1.82, 2.24) is 16.2 Å². The van der Waals surface area contributed by atoms with Gasteiger partial charge in [0.05, 0.1) is 12.3 Å². The molecule has 5 nitrogen and oxygen atoms in total. The summed E-state index contributed by atoms with van der Waals surface area (Å²) in [7, 11) is 0. The number of para-hydroxylation sites is 1. The Kier molecular flexibility index (Phi) is 3.92. The molecule has 4 unspecified atom stereocenters. The maximum absolute atomic E-state index is 13.2. The smallest absolute Gasteiger partial charge is 0.221 e. The Balaban J connectivity index is 1.62. The van der Waals surface area contributed by atoms with Crippen molar-refractivity contribution in [1.29, 1.82) is 0 Å². The van der Waals surface area contributed by atoms with E-state index in [1.165, 1.54) is 12.1 Å². The molecule has 0 radical (unpaired) electrons. The summed E-state index contributed by atoms with van der Waals surface area (Å²) in [5, 5.41) is 6.45. The van der Waals surface area contributed by atoms with Gasteiger partial charge in [0.2, 0.25) is 5.91 Å². The van der Waals surface area contributed by atoms with Gasteiger partial charge in [-0.15, -0.1) is 0 Å². The van der Waals surface area contributed by atoms with E-state index in [9.17, 15) is 9.18 Å². The van der Waals surface area contributed by atoms with Crippen LogP contribution in [0.1, 0.15) is 17.9 Å². The fourth-order valence-corrected chi connectivity index (χ4v) is 3.63. The molecule has 1 amide bonds. The summed E-state index contributed by atoms with van der Waals surface area (Å²) in [4.78, 5) is 12.0. The summed E-state index contributed by atoms with van der Waals surface area (Å²) in [6.45, 7) is 0. The third-order valence-corrected chi connectivity index (χ3v) is 4.74. The SMILES string of the molecule is O=C1CC(c2ccc(F)cc2)C2C(NNC2Nc2ccccc2)N1. The lowest BCUT2D eigenvalue weighted by Gasteiger charge is -2.36. The molecule has 2 aromatic carbocycles. The lowest BCUT2D eigenvalue weighted by molar-refractivity contribution is -0.125. The van der Waals surface area contributed by atoms with Crippen molar-refractivity contribution in [3.63, 3.8) is 0 Å². The van der Waals surface area contributed by atoms with Crippen LogP contribution in [0.2, 0.25) is 0 Å². The van der Waals surface area contributed by atoms with Crippen molar-refractivity contribution in [2.45, 2.75) is 24.7 Å². The van der Waals surface area contributed by atoms with Gasteiger partial charge in [-0.25, -0.2) is 15.2 Å². The predicted octanol–water partition coefficient (Wildman–Crippen LogP) is 1.92. The monoisotopic (exact) mass is 326 g/mol. The van der Waals surface area contributed by atoms with Crippen LogP contribution in [0.25, 0.3) is 0 Å². The van der Waals surface area contributed by atoms with Gasteiger partial charge in [0.1, 0.15) is 5.82 Å². The molecule has 2 saturated heterocycles. The first-order valence-corrected chi connectivity index (χ1v) is 8.08. The summed E-state index contributed by atoms with van der Waals surface area (Å²) in [6, 6.07) is 16.4. The zero-order valence-corrected chi connectivity index (χ0v) is 13.0. The topological polar surface area (TPSA) is 65.2 Å². The number of benzene rings is 2. The third-order valence-electron chi connectivity index (χ3n) is 4.74.